The predicted molar refractivity (Wildman–Crippen MR) is 103 cm³/mol. The molecule has 0 fully saturated rings. The smallest absolute Gasteiger partial charge is 0.306 e. The van der Waals surface area contributed by atoms with Gasteiger partial charge < -0.3 is 14.8 Å². The fourth-order valence-corrected chi connectivity index (χ4v) is 2.10. The van der Waals surface area contributed by atoms with E-state index in [1.165, 1.54) is 0 Å². The van der Waals surface area contributed by atoms with E-state index in [0.29, 0.717) is 19.6 Å². The number of amides is 2. The first-order valence-electron chi connectivity index (χ1n) is 8.67. The highest BCUT2D eigenvalue weighted by atomic mass is 32.1. The summed E-state index contributed by atoms with van der Waals surface area (Å²) in [4.78, 5) is 34.8. The molecule has 1 aromatic carbocycles. The summed E-state index contributed by atoms with van der Waals surface area (Å²) in [6.45, 7) is 2.93. The number of rotatable bonds is 10. The molecule has 0 aliphatic heterocycles. The number of hydrazine groups is 1. The van der Waals surface area contributed by atoms with Crippen LogP contribution in [-0.4, -0.2) is 42.7 Å². The van der Waals surface area contributed by atoms with Crippen LogP contribution in [-0.2, 0) is 30.3 Å². The topological polar surface area (TPSA) is 106 Å². The highest BCUT2D eigenvalue weighted by Gasteiger charge is 2.10. The van der Waals surface area contributed by atoms with Crippen molar-refractivity contribution in [2.75, 3.05) is 19.8 Å². The second kappa shape index (κ2) is 13.7. The summed E-state index contributed by atoms with van der Waals surface area (Å²) in [5.74, 6) is -1.22. The third kappa shape index (κ3) is 11.7. The van der Waals surface area contributed by atoms with Crippen molar-refractivity contribution in [2.24, 2.45) is 0 Å². The van der Waals surface area contributed by atoms with Gasteiger partial charge in [0.25, 0.3) is 0 Å². The lowest BCUT2D eigenvalue weighted by Crippen LogP contribution is -2.48. The summed E-state index contributed by atoms with van der Waals surface area (Å²) in [6, 6.07) is 9.65. The van der Waals surface area contributed by atoms with Crippen LogP contribution in [0.3, 0.4) is 0 Å². The number of thiocarbonyl (C=S) groups is 1. The normalized spacial score (nSPS) is 9.96. The van der Waals surface area contributed by atoms with E-state index in [1.54, 1.807) is 0 Å². The highest BCUT2D eigenvalue weighted by molar-refractivity contribution is 7.80. The average molecular weight is 395 g/mol. The summed E-state index contributed by atoms with van der Waals surface area (Å²) in [6.07, 6.45) is 0.677. The van der Waals surface area contributed by atoms with Crippen molar-refractivity contribution in [2.45, 2.75) is 32.6 Å². The van der Waals surface area contributed by atoms with Crippen LogP contribution in [0.5, 0.6) is 0 Å². The minimum atomic E-state index is -0.454. The van der Waals surface area contributed by atoms with Gasteiger partial charge in [0.15, 0.2) is 5.11 Å². The Balaban J connectivity index is 2.10. The van der Waals surface area contributed by atoms with Gasteiger partial charge in [-0.25, -0.2) is 0 Å². The minimum absolute atomic E-state index is 0.0516. The molecule has 0 unspecified atom stereocenters. The van der Waals surface area contributed by atoms with Crippen molar-refractivity contribution < 1.29 is 23.9 Å². The van der Waals surface area contributed by atoms with Gasteiger partial charge in [-0.2, -0.15) is 0 Å². The van der Waals surface area contributed by atoms with Crippen LogP contribution in [0.15, 0.2) is 30.3 Å². The third-order valence-corrected chi connectivity index (χ3v) is 3.50. The first-order chi connectivity index (χ1) is 13.0. The van der Waals surface area contributed by atoms with Crippen LogP contribution in [0.2, 0.25) is 0 Å². The van der Waals surface area contributed by atoms with Crippen molar-refractivity contribution in [3.8, 4) is 0 Å². The molecule has 0 heterocycles. The average Bonchev–Trinajstić information content (AvgIpc) is 2.66. The molecule has 27 heavy (non-hydrogen) atoms. The minimum Gasteiger partial charge on any atom is -0.465 e. The highest BCUT2D eigenvalue weighted by Crippen LogP contribution is 2.01. The molecule has 1 rings (SSSR count). The Morgan fingerprint density at radius 3 is 2.41 bits per heavy atom. The van der Waals surface area contributed by atoms with Crippen molar-refractivity contribution in [1.82, 2.24) is 16.2 Å². The molecule has 0 radical (unpaired) electrons. The van der Waals surface area contributed by atoms with Gasteiger partial charge in [0.1, 0.15) is 0 Å². The zero-order valence-electron chi connectivity index (χ0n) is 15.3. The van der Waals surface area contributed by atoms with Crippen molar-refractivity contribution in [3.05, 3.63) is 35.9 Å². The maximum atomic E-state index is 11.7. The van der Waals surface area contributed by atoms with Crippen LogP contribution < -0.4 is 16.2 Å². The molecule has 148 valence electrons. The lowest BCUT2D eigenvalue weighted by molar-refractivity contribution is -0.144. The van der Waals surface area contributed by atoms with E-state index < -0.39 is 11.9 Å². The largest absolute Gasteiger partial charge is 0.465 e. The molecular formula is C18H25N3O5S. The Bertz CT molecular complexity index is 625. The molecule has 0 spiro atoms. The Morgan fingerprint density at radius 2 is 1.70 bits per heavy atom. The van der Waals surface area contributed by atoms with E-state index in [9.17, 15) is 14.4 Å². The SMILES string of the molecule is CCOCCC(=O)NNC(=S)NC(=O)CCC(=O)OCCc1ccccc1. The van der Waals surface area contributed by atoms with Gasteiger partial charge in [-0.15, -0.1) is 0 Å². The third-order valence-electron chi connectivity index (χ3n) is 3.30. The number of nitrogens with one attached hydrogen (secondary N) is 3. The molecule has 0 saturated heterocycles. The summed E-state index contributed by atoms with van der Waals surface area (Å²) in [5.41, 5.74) is 5.82. The Hall–Kier alpha value is -2.52. The molecule has 3 N–H and O–H groups in total. The van der Waals surface area contributed by atoms with E-state index in [-0.39, 0.29) is 36.9 Å². The molecule has 0 atom stereocenters. The van der Waals surface area contributed by atoms with Gasteiger partial charge in [0.2, 0.25) is 11.8 Å². The first-order valence-corrected chi connectivity index (χ1v) is 9.08. The maximum absolute atomic E-state index is 11.7. The lowest BCUT2D eigenvalue weighted by atomic mass is 10.2. The number of carbonyl (C=O) groups is 3. The number of benzene rings is 1. The van der Waals surface area contributed by atoms with Crippen LogP contribution in [0.25, 0.3) is 0 Å². The quantitative estimate of drug-likeness (QED) is 0.235. The standard InChI is InChI=1S/C18H25N3O5S/c1-2-25-12-11-16(23)20-21-18(27)19-15(22)8-9-17(24)26-13-10-14-6-4-3-5-7-14/h3-7H,2,8-13H2,1H3,(H,20,23)(H2,19,21,22,27). The number of carbonyl (C=O) groups excluding carboxylic acids is 3. The fraction of sp³-hybridized carbons (Fsp3) is 0.444. The van der Waals surface area contributed by atoms with E-state index in [0.717, 1.165) is 5.56 Å². The fourth-order valence-electron chi connectivity index (χ4n) is 1.93. The van der Waals surface area contributed by atoms with Crippen LogP contribution >= 0.6 is 12.2 Å². The number of esters is 1. The van der Waals surface area contributed by atoms with E-state index in [2.05, 4.69) is 16.2 Å². The molecular weight excluding hydrogens is 370 g/mol. The van der Waals surface area contributed by atoms with E-state index >= 15 is 0 Å². The Labute approximate surface area is 164 Å². The van der Waals surface area contributed by atoms with Gasteiger partial charge >= 0.3 is 5.97 Å². The first kappa shape index (κ1) is 22.5. The van der Waals surface area contributed by atoms with Crippen LogP contribution in [0, 0.1) is 0 Å². The molecule has 0 aliphatic rings. The van der Waals surface area contributed by atoms with Crippen molar-refractivity contribution in [3.63, 3.8) is 0 Å². The van der Waals surface area contributed by atoms with Crippen LogP contribution in [0.4, 0.5) is 0 Å². The Morgan fingerprint density at radius 1 is 0.963 bits per heavy atom. The van der Waals surface area contributed by atoms with Gasteiger partial charge in [0, 0.05) is 19.4 Å². The molecule has 1 aromatic rings. The summed E-state index contributed by atoms with van der Waals surface area (Å²) in [5, 5.41) is 2.31. The molecule has 9 heteroatoms. The molecule has 2 amide bonds. The molecule has 0 bridgehead atoms. The van der Waals surface area contributed by atoms with Crippen LogP contribution in [0.1, 0.15) is 31.7 Å². The number of hydrogen-bond acceptors (Lipinski definition) is 6. The maximum Gasteiger partial charge on any atom is 0.306 e. The van der Waals surface area contributed by atoms with E-state index in [1.807, 2.05) is 37.3 Å². The van der Waals surface area contributed by atoms with E-state index in [4.69, 9.17) is 21.7 Å². The van der Waals surface area contributed by atoms with Crippen molar-refractivity contribution >= 4 is 35.1 Å². The van der Waals surface area contributed by atoms with Gasteiger partial charge in [-0.3, -0.25) is 25.2 Å². The summed E-state index contributed by atoms with van der Waals surface area (Å²) in [7, 11) is 0. The predicted octanol–water partition coefficient (Wildman–Crippen LogP) is 1.00. The molecule has 8 nitrogen and oxygen atoms in total. The monoisotopic (exact) mass is 395 g/mol. The second-order valence-electron chi connectivity index (χ2n) is 5.45. The molecule has 0 aromatic heterocycles. The zero-order chi connectivity index (χ0) is 19.9. The lowest BCUT2D eigenvalue weighted by Gasteiger charge is -2.10. The zero-order valence-corrected chi connectivity index (χ0v) is 16.1. The number of hydrogen-bond donors (Lipinski definition) is 3. The molecule has 0 saturated carbocycles. The second-order valence-corrected chi connectivity index (χ2v) is 5.86. The number of ether oxygens (including phenoxy) is 2. The Kier molecular flexibility index (Phi) is 11.4. The summed E-state index contributed by atoms with van der Waals surface area (Å²) < 4.78 is 10.1. The van der Waals surface area contributed by atoms with Gasteiger partial charge in [0.05, 0.1) is 26.1 Å². The van der Waals surface area contributed by atoms with Crippen molar-refractivity contribution in [1.29, 1.82) is 0 Å². The summed E-state index contributed by atoms with van der Waals surface area (Å²) >= 11 is 4.88. The molecule has 0 aliphatic carbocycles. The van der Waals surface area contributed by atoms with Gasteiger partial charge in [-0.1, -0.05) is 30.3 Å². The van der Waals surface area contributed by atoms with Gasteiger partial charge in [-0.05, 0) is 24.7 Å².